The monoisotopic (exact) mass is 540 g/mol. The molecule has 0 saturated carbocycles. The number of carbonyl (C=O) groups is 2. The molecule has 0 saturated heterocycles. The molecular weight excluding hydrogens is 523 g/mol. The Bertz CT molecular complexity index is 1530. The van der Waals surface area contributed by atoms with Gasteiger partial charge in [-0.2, -0.15) is 5.10 Å². The molecule has 4 aromatic rings. The summed E-state index contributed by atoms with van der Waals surface area (Å²) in [6, 6.07) is 10.6. The van der Waals surface area contributed by atoms with Crippen LogP contribution in [-0.2, 0) is 10.5 Å². The second-order valence-electron chi connectivity index (χ2n) is 7.88. The number of hydrogen-bond donors (Lipinski definition) is 1. The average Bonchev–Trinajstić information content (AvgIpc) is 3.27. The zero-order valence-corrected chi connectivity index (χ0v) is 21.4. The summed E-state index contributed by atoms with van der Waals surface area (Å²) in [7, 11) is 2.89. The van der Waals surface area contributed by atoms with Gasteiger partial charge in [0.2, 0.25) is 5.91 Å². The first kappa shape index (κ1) is 24.2. The fourth-order valence-corrected chi connectivity index (χ4v) is 5.73. The van der Waals surface area contributed by atoms with Crippen LogP contribution in [-0.4, -0.2) is 40.9 Å². The van der Waals surface area contributed by atoms with Crippen LogP contribution in [0.1, 0.15) is 26.4 Å². The Hall–Kier alpha value is -3.53. The van der Waals surface area contributed by atoms with Gasteiger partial charge in [-0.05, 0) is 42.0 Å². The van der Waals surface area contributed by atoms with Crippen molar-refractivity contribution in [2.45, 2.75) is 10.6 Å². The maximum absolute atomic E-state index is 12.6. The molecule has 0 unspecified atom stereocenters. The zero-order valence-electron chi connectivity index (χ0n) is 19.0. The van der Waals surface area contributed by atoms with Gasteiger partial charge in [-0.1, -0.05) is 23.2 Å². The lowest BCUT2D eigenvalue weighted by Crippen LogP contribution is -2.11. The Morgan fingerprint density at radius 2 is 1.78 bits per heavy atom. The number of benzene rings is 2. The second-order valence-corrected chi connectivity index (χ2v) is 9.74. The summed E-state index contributed by atoms with van der Waals surface area (Å²) < 4.78 is 12.3. The lowest BCUT2D eigenvalue weighted by Gasteiger charge is -2.21. The molecule has 3 heterocycles. The lowest BCUT2D eigenvalue weighted by atomic mass is 9.96. The van der Waals surface area contributed by atoms with E-state index < -0.39 is 11.9 Å². The van der Waals surface area contributed by atoms with Crippen molar-refractivity contribution in [2.75, 3.05) is 14.2 Å². The van der Waals surface area contributed by atoms with Gasteiger partial charge in [0.25, 0.3) is 0 Å². The van der Waals surface area contributed by atoms with E-state index in [2.05, 4.69) is 10.1 Å². The van der Waals surface area contributed by atoms with Crippen molar-refractivity contribution in [1.82, 2.24) is 14.8 Å². The molecule has 0 fully saturated rings. The number of nitrogens with two attached hydrogens (primary N) is 1. The molecular formula is C25H18Cl2N4O4S. The van der Waals surface area contributed by atoms with Gasteiger partial charge >= 0.3 is 5.97 Å². The maximum Gasteiger partial charge on any atom is 0.359 e. The van der Waals surface area contributed by atoms with Gasteiger partial charge < -0.3 is 15.2 Å². The highest BCUT2D eigenvalue weighted by molar-refractivity contribution is 7.98. The minimum Gasteiger partial charge on any atom is -0.496 e. The van der Waals surface area contributed by atoms with E-state index in [1.165, 1.54) is 25.1 Å². The normalized spacial score (nSPS) is 12.0. The number of ether oxygens (including phenoxy) is 2. The summed E-state index contributed by atoms with van der Waals surface area (Å²) in [6.45, 7) is 0. The number of fused-ring (bicyclic) bond motifs is 3. The number of rotatable bonds is 5. The third kappa shape index (κ3) is 4.19. The zero-order chi connectivity index (χ0) is 25.6. The minimum absolute atomic E-state index is 0.189. The highest BCUT2D eigenvalue weighted by Gasteiger charge is 2.31. The molecule has 2 aromatic carbocycles. The van der Waals surface area contributed by atoms with Crippen LogP contribution in [0.15, 0.2) is 53.7 Å². The van der Waals surface area contributed by atoms with E-state index in [4.69, 9.17) is 38.4 Å². The van der Waals surface area contributed by atoms with Crippen molar-refractivity contribution >= 4 is 46.8 Å². The lowest BCUT2D eigenvalue weighted by molar-refractivity contribution is 0.0589. The van der Waals surface area contributed by atoms with Crippen LogP contribution in [0.5, 0.6) is 5.75 Å². The average molecular weight is 541 g/mol. The number of amides is 1. The fourth-order valence-electron chi connectivity index (χ4n) is 4.08. The number of carbonyl (C=O) groups excluding carboxylic acids is 2. The molecule has 11 heteroatoms. The largest absolute Gasteiger partial charge is 0.496 e. The number of thioether (sulfide) groups is 1. The van der Waals surface area contributed by atoms with Gasteiger partial charge in [-0.15, -0.1) is 11.8 Å². The van der Waals surface area contributed by atoms with E-state index in [1.807, 2.05) is 12.1 Å². The molecule has 0 atom stereocenters. The minimum atomic E-state index is -0.585. The van der Waals surface area contributed by atoms with Crippen molar-refractivity contribution in [3.8, 4) is 33.8 Å². The number of nitrogens with zero attached hydrogens (tertiary/aromatic N) is 3. The molecule has 0 bridgehead atoms. The van der Waals surface area contributed by atoms with Crippen LogP contribution in [0.25, 0.3) is 28.1 Å². The Balaban J connectivity index is 1.79. The van der Waals surface area contributed by atoms with Gasteiger partial charge in [-0.3, -0.25) is 9.78 Å². The van der Waals surface area contributed by atoms with Crippen LogP contribution in [0.2, 0.25) is 10.0 Å². The Labute approximate surface area is 220 Å². The Kier molecular flexibility index (Phi) is 6.38. The third-order valence-corrected chi connectivity index (χ3v) is 7.27. The number of pyridine rings is 1. The van der Waals surface area contributed by atoms with Crippen LogP contribution >= 0.6 is 35.0 Å². The van der Waals surface area contributed by atoms with Crippen LogP contribution in [0.4, 0.5) is 0 Å². The molecule has 1 amide bonds. The van der Waals surface area contributed by atoms with Gasteiger partial charge in [-0.25, -0.2) is 9.48 Å². The molecule has 1 aliphatic heterocycles. The molecule has 0 aliphatic carbocycles. The highest BCUT2D eigenvalue weighted by Crippen LogP contribution is 2.48. The maximum atomic E-state index is 12.6. The predicted octanol–water partition coefficient (Wildman–Crippen LogP) is 5.41. The third-order valence-electron chi connectivity index (χ3n) is 5.70. The van der Waals surface area contributed by atoms with Crippen molar-refractivity contribution in [2.24, 2.45) is 5.73 Å². The molecule has 0 spiro atoms. The van der Waals surface area contributed by atoms with E-state index in [9.17, 15) is 9.59 Å². The van der Waals surface area contributed by atoms with Crippen LogP contribution in [0, 0.1) is 0 Å². The molecule has 2 aromatic heterocycles. The molecule has 1 aliphatic rings. The first-order valence-corrected chi connectivity index (χ1v) is 12.3. The SMILES string of the molecule is COC(=O)c1nn(-c2cc(Cl)cc(Cl)c2)c2c1SCc1cc(OC)c(-c3cncc(C(N)=O)c3)cc1-2. The topological polar surface area (TPSA) is 109 Å². The summed E-state index contributed by atoms with van der Waals surface area (Å²) >= 11 is 14.0. The van der Waals surface area contributed by atoms with Crippen molar-refractivity contribution in [1.29, 1.82) is 0 Å². The summed E-state index contributed by atoms with van der Waals surface area (Å²) in [5, 5.41) is 5.45. The number of halogens is 2. The number of aromatic nitrogens is 3. The van der Waals surface area contributed by atoms with E-state index in [-0.39, 0.29) is 11.3 Å². The fraction of sp³-hybridized carbons (Fsp3) is 0.120. The number of primary amides is 1. The van der Waals surface area contributed by atoms with Gasteiger partial charge in [0.1, 0.15) is 5.75 Å². The van der Waals surface area contributed by atoms with Gasteiger partial charge in [0.05, 0.1) is 36.1 Å². The number of methoxy groups -OCH3 is 2. The number of esters is 1. The van der Waals surface area contributed by atoms with Crippen molar-refractivity contribution in [3.63, 3.8) is 0 Å². The molecule has 0 radical (unpaired) electrons. The quantitative estimate of drug-likeness (QED) is 0.337. The van der Waals surface area contributed by atoms with E-state index in [0.29, 0.717) is 49.0 Å². The summed E-state index contributed by atoms with van der Waals surface area (Å²) in [5.41, 5.74) is 10.3. The van der Waals surface area contributed by atoms with Crippen molar-refractivity contribution in [3.05, 3.63) is 75.7 Å². The summed E-state index contributed by atoms with van der Waals surface area (Å²) in [6.07, 6.45) is 3.04. The van der Waals surface area contributed by atoms with Crippen LogP contribution in [0.3, 0.4) is 0 Å². The Morgan fingerprint density at radius 1 is 1.03 bits per heavy atom. The van der Waals surface area contributed by atoms with Gasteiger partial charge in [0, 0.05) is 44.9 Å². The van der Waals surface area contributed by atoms with E-state index in [0.717, 1.165) is 11.1 Å². The summed E-state index contributed by atoms with van der Waals surface area (Å²) in [5.74, 6) is 0.0379. The highest BCUT2D eigenvalue weighted by atomic mass is 35.5. The first-order valence-electron chi connectivity index (χ1n) is 10.6. The summed E-state index contributed by atoms with van der Waals surface area (Å²) in [4.78, 5) is 29.2. The van der Waals surface area contributed by atoms with E-state index in [1.54, 1.807) is 42.3 Å². The van der Waals surface area contributed by atoms with Gasteiger partial charge in [0.15, 0.2) is 5.69 Å². The standard InChI is InChI=1S/C25H18Cl2N4O4S/c1-34-20-4-14-11-36-23-21(25(33)35-2)30-31(17-6-15(26)5-16(27)7-17)22(23)19(14)8-18(20)12-3-13(24(28)32)10-29-9-12/h3-10H,11H2,1-2H3,(H2,28,32). The molecule has 2 N–H and O–H groups in total. The number of hydrogen-bond acceptors (Lipinski definition) is 7. The smallest absolute Gasteiger partial charge is 0.359 e. The van der Waals surface area contributed by atoms with Crippen LogP contribution < -0.4 is 10.5 Å². The molecule has 36 heavy (non-hydrogen) atoms. The Morgan fingerprint density at radius 3 is 2.44 bits per heavy atom. The molecule has 5 rings (SSSR count). The van der Waals surface area contributed by atoms with E-state index >= 15 is 0 Å². The first-order chi connectivity index (χ1) is 17.3. The molecule has 182 valence electrons. The predicted molar refractivity (Wildman–Crippen MR) is 138 cm³/mol. The molecule has 8 nitrogen and oxygen atoms in total. The van der Waals surface area contributed by atoms with Crippen molar-refractivity contribution < 1.29 is 19.1 Å². The second kappa shape index (κ2) is 9.50.